The molecule has 5 nitrogen and oxygen atoms in total. The van der Waals surface area contributed by atoms with Crippen molar-refractivity contribution < 1.29 is 0 Å². The van der Waals surface area contributed by atoms with Crippen LogP contribution in [0.4, 0.5) is 5.82 Å². The second kappa shape index (κ2) is 7.85. The molecule has 6 heteroatoms. The molecule has 0 amide bonds. The van der Waals surface area contributed by atoms with E-state index in [1.807, 2.05) is 73.7 Å². The molecule has 0 aliphatic heterocycles. The minimum Gasteiger partial charge on any atom is -0.361 e. The molecule has 1 atom stereocenters. The van der Waals surface area contributed by atoms with Gasteiger partial charge in [-0.3, -0.25) is 14.3 Å². The van der Waals surface area contributed by atoms with Gasteiger partial charge in [-0.25, -0.2) is 4.98 Å². The Bertz CT molecular complexity index is 1460. The van der Waals surface area contributed by atoms with Gasteiger partial charge in [0.1, 0.15) is 5.82 Å². The van der Waals surface area contributed by atoms with E-state index in [2.05, 4.69) is 15.3 Å². The van der Waals surface area contributed by atoms with Gasteiger partial charge in [0.05, 0.1) is 22.0 Å². The van der Waals surface area contributed by atoms with Crippen molar-refractivity contribution in [3.05, 3.63) is 106 Å². The Morgan fingerprint density at radius 1 is 0.935 bits per heavy atom. The highest BCUT2D eigenvalue weighted by Crippen LogP contribution is 2.28. The first kappa shape index (κ1) is 19.3. The van der Waals surface area contributed by atoms with Crippen LogP contribution in [0.3, 0.4) is 0 Å². The second-order valence-corrected chi connectivity index (χ2v) is 7.75. The SMILES string of the molecule is C[C@H](Nc1nccc2ncccc12)c1cc2cccc(Cl)c2c(=O)n1-c1ccccc1. The van der Waals surface area contributed by atoms with Gasteiger partial charge in [0, 0.05) is 29.2 Å². The molecule has 0 saturated heterocycles. The van der Waals surface area contributed by atoms with Crippen molar-refractivity contribution in [3.8, 4) is 5.69 Å². The van der Waals surface area contributed by atoms with Gasteiger partial charge in [-0.2, -0.15) is 0 Å². The maximum atomic E-state index is 13.6. The third-order valence-electron chi connectivity index (χ3n) is 5.37. The number of halogens is 1. The highest BCUT2D eigenvalue weighted by atomic mass is 35.5. The molecule has 5 aromatic rings. The second-order valence-electron chi connectivity index (χ2n) is 7.35. The van der Waals surface area contributed by atoms with Crippen LogP contribution in [0.2, 0.25) is 5.02 Å². The van der Waals surface area contributed by atoms with Crippen LogP contribution in [-0.4, -0.2) is 14.5 Å². The van der Waals surface area contributed by atoms with Crippen LogP contribution in [0, 0.1) is 0 Å². The van der Waals surface area contributed by atoms with Crippen molar-refractivity contribution in [2.75, 3.05) is 5.32 Å². The average molecular weight is 427 g/mol. The third kappa shape index (κ3) is 3.43. The van der Waals surface area contributed by atoms with Crippen molar-refractivity contribution in [1.82, 2.24) is 14.5 Å². The van der Waals surface area contributed by atoms with Crippen molar-refractivity contribution in [3.63, 3.8) is 0 Å². The molecule has 0 saturated carbocycles. The number of aromatic nitrogens is 3. The average Bonchev–Trinajstić information content (AvgIpc) is 2.79. The molecule has 0 aliphatic rings. The third-order valence-corrected chi connectivity index (χ3v) is 5.68. The highest BCUT2D eigenvalue weighted by molar-refractivity contribution is 6.35. The largest absolute Gasteiger partial charge is 0.361 e. The molecule has 3 heterocycles. The summed E-state index contributed by atoms with van der Waals surface area (Å²) >= 11 is 6.40. The maximum Gasteiger partial charge on any atom is 0.264 e. The van der Waals surface area contributed by atoms with E-state index < -0.39 is 0 Å². The van der Waals surface area contributed by atoms with E-state index in [4.69, 9.17) is 11.6 Å². The summed E-state index contributed by atoms with van der Waals surface area (Å²) in [6, 6.07) is 22.6. The van der Waals surface area contributed by atoms with E-state index in [1.165, 1.54) is 0 Å². The summed E-state index contributed by atoms with van der Waals surface area (Å²) in [6.45, 7) is 2.02. The molecule has 1 N–H and O–H groups in total. The highest BCUT2D eigenvalue weighted by Gasteiger charge is 2.18. The summed E-state index contributed by atoms with van der Waals surface area (Å²) in [7, 11) is 0. The summed E-state index contributed by atoms with van der Waals surface area (Å²) in [6.07, 6.45) is 3.49. The van der Waals surface area contributed by atoms with Crippen LogP contribution in [0.15, 0.2) is 90.0 Å². The number of anilines is 1. The molecular formula is C25H19ClN4O. The van der Waals surface area contributed by atoms with Gasteiger partial charge in [0.25, 0.3) is 5.56 Å². The Morgan fingerprint density at radius 3 is 2.61 bits per heavy atom. The number of para-hydroxylation sites is 1. The van der Waals surface area contributed by atoms with E-state index in [0.717, 1.165) is 33.5 Å². The number of benzene rings is 2. The minimum atomic E-state index is -0.213. The van der Waals surface area contributed by atoms with Crippen LogP contribution in [0.25, 0.3) is 27.4 Å². The molecule has 31 heavy (non-hydrogen) atoms. The van der Waals surface area contributed by atoms with Crippen molar-refractivity contribution in [2.24, 2.45) is 0 Å². The Morgan fingerprint density at radius 2 is 1.77 bits per heavy atom. The number of hydrogen-bond acceptors (Lipinski definition) is 4. The van der Waals surface area contributed by atoms with E-state index in [0.29, 0.717) is 10.4 Å². The van der Waals surface area contributed by atoms with Crippen molar-refractivity contribution >= 4 is 39.1 Å². The summed E-state index contributed by atoms with van der Waals surface area (Å²) < 4.78 is 1.72. The first-order valence-corrected chi connectivity index (χ1v) is 10.4. The van der Waals surface area contributed by atoms with Crippen LogP contribution in [-0.2, 0) is 0 Å². The van der Waals surface area contributed by atoms with Crippen molar-refractivity contribution in [1.29, 1.82) is 0 Å². The van der Waals surface area contributed by atoms with Crippen LogP contribution in [0.5, 0.6) is 0 Å². The van der Waals surface area contributed by atoms with E-state index in [-0.39, 0.29) is 11.6 Å². The van der Waals surface area contributed by atoms with Gasteiger partial charge in [0.15, 0.2) is 0 Å². The molecule has 0 unspecified atom stereocenters. The molecule has 3 aromatic heterocycles. The van der Waals surface area contributed by atoms with Gasteiger partial charge < -0.3 is 5.32 Å². The zero-order chi connectivity index (χ0) is 21.4. The monoisotopic (exact) mass is 426 g/mol. The fourth-order valence-electron chi connectivity index (χ4n) is 3.90. The summed E-state index contributed by atoms with van der Waals surface area (Å²) in [5.74, 6) is 0.719. The molecular weight excluding hydrogens is 408 g/mol. The van der Waals surface area contributed by atoms with E-state index >= 15 is 0 Å². The smallest absolute Gasteiger partial charge is 0.264 e. The lowest BCUT2D eigenvalue weighted by Gasteiger charge is -2.22. The first-order chi connectivity index (χ1) is 15.1. The van der Waals surface area contributed by atoms with Gasteiger partial charge in [-0.05, 0) is 54.8 Å². The normalized spacial score (nSPS) is 12.2. The molecule has 0 fully saturated rings. The molecule has 0 radical (unpaired) electrons. The van der Waals surface area contributed by atoms with Gasteiger partial charge in [-0.15, -0.1) is 0 Å². The molecule has 5 rings (SSSR count). The predicted octanol–water partition coefficient (Wildman–Crippen LogP) is 5.76. The van der Waals surface area contributed by atoms with E-state index in [9.17, 15) is 4.79 Å². The first-order valence-electron chi connectivity index (χ1n) is 9.99. The van der Waals surface area contributed by atoms with Crippen molar-refractivity contribution in [2.45, 2.75) is 13.0 Å². The van der Waals surface area contributed by atoms with Crippen LogP contribution < -0.4 is 10.9 Å². The number of fused-ring (bicyclic) bond motifs is 2. The summed E-state index contributed by atoms with van der Waals surface area (Å²) in [5, 5.41) is 6.16. The Balaban J connectivity index is 1.71. The number of nitrogens with zero attached hydrogens (tertiary/aromatic N) is 3. The van der Waals surface area contributed by atoms with E-state index in [1.54, 1.807) is 23.0 Å². The number of hydrogen-bond donors (Lipinski definition) is 1. The lowest BCUT2D eigenvalue weighted by Crippen LogP contribution is -2.25. The van der Waals surface area contributed by atoms with Crippen LogP contribution in [0.1, 0.15) is 18.7 Å². The number of rotatable bonds is 4. The zero-order valence-electron chi connectivity index (χ0n) is 16.8. The van der Waals surface area contributed by atoms with Crippen LogP contribution >= 0.6 is 11.6 Å². The quantitative estimate of drug-likeness (QED) is 0.397. The molecule has 152 valence electrons. The van der Waals surface area contributed by atoms with Gasteiger partial charge in [0.2, 0.25) is 0 Å². The fourth-order valence-corrected chi connectivity index (χ4v) is 4.16. The Hall–Kier alpha value is -3.70. The molecule has 0 aliphatic carbocycles. The predicted molar refractivity (Wildman–Crippen MR) is 126 cm³/mol. The maximum absolute atomic E-state index is 13.6. The standard InChI is InChI=1S/C25H19ClN4O/c1-16(29-24-19-10-6-13-27-21(19)12-14-28-24)22-15-17-7-5-11-20(26)23(17)25(31)30(22)18-8-3-2-4-9-18/h2-16H,1H3,(H,28,29)/t16-/m0/s1. The lowest BCUT2D eigenvalue weighted by molar-refractivity contribution is 0.775. The number of pyridine rings is 3. The lowest BCUT2D eigenvalue weighted by atomic mass is 10.1. The van der Waals surface area contributed by atoms with Gasteiger partial charge in [-0.1, -0.05) is 41.9 Å². The molecule has 0 spiro atoms. The fraction of sp³-hybridized carbons (Fsp3) is 0.0800. The summed E-state index contributed by atoms with van der Waals surface area (Å²) in [5.41, 5.74) is 2.31. The molecule has 2 aromatic carbocycles. The Labute approximate surface area is 184 Å². The number of nitrogens with one attached hydrogen (secondary N) is 1. The molecule has 0 bridgehead atoms. The zero-order valence-corrected chi connectivity index (χ0v) is 17.5. The topological polar surface area (TPSA) is 59.8 Å². The Kier molecular flexibility index (Phi) is 4.88. The summed E-state index contributed by atoms with van der Waals surface area (Å²) in [4.78, 5) is 22.5. The van der Waals surface area contributed by atoms with Gasteiger partial charge >= 0.3 is 0 Å². The minimum absolute atomic E-state index is 0.148.